The SMILES string of the molecule is C.C.C.CON(C)C(=O)[C@H]1CC[C@H]2[C@@H]3CC[C@@H]4C[C@](C)(O)CC[C@@H]4[C@H]3CC[C@]12C.C[C@@]1(O)CC[C@H]2[C@H](CC[C@@H]3[C@@H]2CC[C@]2(C)[C@@H](C(=O)c4nccs4)CC[C@@H]32)C1.[CH2-]CCC.[Li+].c1cscn1. The summed E-state index contributed by atoms with van der Waals surface area (Å²) < 4.78 is 0. The van der Waals surface area contributed by atoms with Crippen molar-refractivity contribution < 1.29 is 43.5 Å². The van der Waals surface area contributed by atoms with E-state index in [1.54, 1.807) is 43.4 Å². The Morgan fingerprint density at radius 1 is 0.712 bits per heavy atom. The third kappa shape index (κ3) is 12.3. The second-order valence-corrected chi connectivity index (χ2v) is 24.1. The molecule has 8 saturated carbocycles. The summed E-state index contributed by atoms with van der Waals surface area (Å²) >= 11 is 3.11. The number of thiazole rings is 2. The number of Topliss-reactive ketones (excluding diaryl/α,β-unsaturated/α-hetero) is 1. The number of nitrogens with zero attached hydrogens (tertiary/aromatic N) is 3. The standard InChI is InChI=1S/C23H33NO2S.C22H37NO3.C4H9.C3H3NS.3CH4.Li/c1-22(26)9-7-15-14(13-22)3-4-17-16(15)8-10-23(2)18(17)5-6-19(23)20(25)21-24-11-12-27-21;1-21(25)11-9-15-14(13-21)5-6-17-16(15)10-12-22(2)18(17)7-8-19(22)20(24)23(3)26-4;1-3-4-2;1-2-5-3-4-1;;;;/h11-12,14-19,26H,3-10,13H2,1-2H3;14-19,25H,5-13H2,1-4H3;1,3-4H2,2H3;1-3H;3*1H4;/q;;-1;;;;;+1/t14-,15+,16-,17-,18+,19-,22-,23+;14-,15+,16-,17-,18+,19-,21-,22+;;;;;;/m11....../s1. The summed E-state index contributed by atoms with van der Waals surface area (Å²) in [6, 6.07) is 0. The van der Waals surface area contributed by atoms with Crippen LogP contribution in [0.3, 0.4) is 0 Å². The van der Waals surface area contributed by atoms with Crippen molar-refractivity contribution in [2.24, 2.45) is 81.8 Å². The molecule has 8 aliphatic carbocycles. The van der Waals surface area contributed by atoms with Crippen LogP contribution in [0.4, 0.5) is 0 Å². The first-order chi connectivity index (χ1) is 29.6. The summed E-state index contributed by atoms with van der Waals surface area (Å²) in [4.78, 5) is 39.3. The van der Waals surface area contributed by atoms with E-state index in [9.17, 15) is 19.8 Å². The van der Waals surface area contributed by atoms with Crippen molar-refractivity contribution in [2.75, 3.05) is 14.2 Å². The molecule has 0 spiro atoms. The molecule has 16 atom stereocenters. The zero-order chi connectivity index (χ0) is 44.5. The van der Waals surface area contributed by atoms with Crippen LogP contribution in [0.15, 0.2) is 28.7 Å². The van der Waals surface area contributed by atoms with Gasteiger partial charge in [0.05, 0.1) is 23.8 Å². The van der Waals surface area contributed by atoms with E-state index >= 15 is 0 Å². The molecule has 2 N–H and O–H groups in total. The minimum absolute atomic E-state index is 0. The number of aliphatic hydroxyl groups is 2. The van der Waals surface area contributed by atoms with Crippen molar-refractivity contribution in [3.63, 3.8) is 0 Å². The quantitative estimate of drug-likeness (QED) is 0.133. The van der Waals surface area contributed by atoms with Gasteiger partial charge in [-0.3, -0.25) is 19.4 Å². The molecule has 0 saturated heterocycles. The Kier molecular flexibility index (Phi) is 22.3. The minimum Gasteiger partial charge on any atom is -0.390 e. The number of ketones is 1. The van der Waals surface area contributed by atoms with Gasteiger partial charge < -0.3 is 17.1 Å². The van der Waals surface area contributed by atoms with E-state index in [4.69, 9.17) is 4.84 Å². The summed E-state index contributed by atoms with van der Waals surface area (Å²) in [6.45, 7) is 14.6. The Labute approximate surface area is 423 Å². The maximum Gasteiger partial charge on any atom is 1.00 e. The van der Waals surface area contributed by atoms with Crippen LogP contribution >= 0.6 is 22.7 Å². The minimum atomic E-state index is -0.438. The molecule has 2 heterocycles. The Morgan fingerprint density at radius 2 is 1.20 bits per heavy atom. The molecular formula is C55H94LiN3O5S2. The molecule has 0 aliphatic heterocycles. The summed E-state index contributed by atoms with van der Waals surface area (Å²) in [5.74, 6) is 8.58. The van der Waals surface area contributed by atoms with E-state index in [0.29, 0.717) is 17.6 Å². The molecule has 10 rings (SSSR count). The molecule has 372 valence electrons. The van der Waals surface area contributed by atoms with Crippen LogP contribution < -0.4 is 18.9 Å². The summed E-state index contributed by atoms with van der Waals surface area (Å²) in [7, 11) is 3.34. The number of amides is 1. The van der Waals surface area contributed by atoms with Gasteiger partial charge in [0.25, 0.3) is 0 Å². The predicted octanol–water partition coefficient (Wildman–Crippen LogP) is 11.0. The van der Waals surface area contributed by atoms with E-state index in [-0.39, 0.29) is 69.7 Å². The normalized spacial score (nSPS) is 41.1. The molecule has 0 unspecified atom stereocenters. The van der Waals surface area contributed by atoms with Crippen LogP contribution in [0.5, 0.6) is 0 Å². The van der Waals surface area contributed by atoms with Gasteiger partial charge in [-0.15, -0.1) is 22.7 Å². The summed E-state index contributed by atoms with van der Waals surface area (Å²) in [6.07, 6.45) is 26.9. The number of hydroxylamine groups is 2. The average Bonchev–Trinajstić information content (AvgIpc) is 4.10. The van der Waals surface area contributed by atoms with E-state index in [2.05, 4.69) is 37.7 Å². The van der Waals surface area contributed by atoms with Crippen LogP contribution in [-0.2, 0) is 9.63 Å². The molecule has 8 aliphatic rings. The number of unbranched alkanes of at least 4 members (excludes halogenated alkanes) is 1. The number of fused-ring (bicyclic) bond motifs is 10. The van der Waals surface area contributed by atoms with Gasteiger partial charge in [0.15, 0.2) is 10.8 Å². The molecule has 2 aromatic rings. The fourth-order valence-corrected chi connectivity index (χ4v) is 17.0. The van der Waals surface area contributed by atoms with Crippen molar-refractivity contribution in [1.82, 2.24) is 15.0 Å². The van der Waals surface area contributed by atoms with Crippen molar-refractivity contribution in [3.05, 3.63) is 40.6 Å². The van der Waals surface area contributed by atoms with E-state index in [0.717, 1.165) is 97.3 Å². The number of carbonyl (C=O) groups is 2. The zero-order valence-corrected chi connectivity index (χ0v) is 42.1. The third-order valence-electron chi connectivity index (χ3n) is 19.0. The first kappa shape index (κ1) is 59.2. The first-order valence-electron chi connectivity index (χ1n) is 24.9. The van der Waals surface area contributed by atoms with Gasteiger partial charge >= 0.3 is 18.9 Å². The van der Waals surface area contributed by atoms with Crippen LogP contribution in [0, 0.1) is 88.8 Å². The molecule has 8 nitrogen and oxygen atoms in total. The van der Waals surface area contributed by atoms with E-state index < -0.39 is 11.2 Å². The molecule has 2 aromatic heterocycles. The predicted molar refractivity (Wildman–Crippen MR) is 271 cm³/mol. The average molecular weight is 948 g/mol. The first-order valence-corrected chi connectivity index (χ1v) is 26.7. The topological polar surface area (TPSA) is 113 Å². The van der Waals surface area contributed by atoms with E-state index in [1.807, 2.05) is 24.6 Å². The van der Waals surface area contributed by atoms with Crippen LogP contribution in [0.25, 0.3) is 0 Å². The Bertz CT molecular complexity index is 1720. The molecule has 11 heteroatoms. The van der Waals surface area contributed by atoms with Crippen LogP contribution in [0.2, 0.25) is 0 Å². The second-order valence-electron chi connectivity index (χ2n) is 22.4. The zero-order valence-electron chi connectivity index (χ0n) is 40.4. The van der Waals surface area contributed by atoms with Crippen molar-refractivity contribution in [1.29, 1.82) is 0 Å². The Morgan fingerprint density at radius 3 is 1.61 bits per heavy atom. The monoisotopic (exact) mass is 948 g/mol. The van der Waals surface area contributed by atoms with Gasteiger partial charge in [-0.1, -0.05) is 49.5 Å². The number of hydrogen-bond acceptors (Lipinski definition) is 9. The van der Waals surface area contributed by atoms with Gasteiger partial charge in [-0.25, -0.2) is 10.0 Å². The maximum absolute atomic E-state index is 13.1. The largest absolute Gasteiger partial charge is 1.00 e. The smallest absolute Gasteiger partial charge is 0.390 e. The van der Waals surface area contributed by atoms with Gasteiger partial charge in [0.2, 0.25) is 5.91 Å². The molecule has 0 aromatic carbocycles. The van der Waals surface area contributed by atoms with Crippen molar-refractivity contribution in [3.8, 4) is 0 Å². The van der Waals surface area contributed by atoms with Gasteiger partial charge in [0, 0.05) is 42.0 Å². The summed E-state index contributed by atoms with van der Waals surface area (Å²) in [5, 5.41) is 27.1. The van der Waals surface area contributed by atoms with Crippen molar-refractivity contribution in [2.45, 2.75) is 197 Å². The number of carbonyl (C=O) groups excluding carboxylic acids is 2. The number of rotatable bonds is 5. The van der Waals surface area contributed by atoms with Crippen LogP contribution in [0.1, 0.15) is 195 Å². The second kappa shape index (κ2) is 24.8. The summed E-state index contributed by atoms with van der Waals surface area (Å²) in [5.41, 5.74) is 1.25. The van der Waals surface area contributed by atoms with Gasteiger partial charge in [-0.2, -0.15) is 6.42 Å². The van der Waals surface area contributed by atoms with Crippen molar-refractivity contribution >= 4 is 34.4 Å². The number of aromatic nitrogens is 2. The number of hydrogen-bond donors (Lipinski definition) is 2. The molecular weight excluding hydrogens is 854 g/mol. The third-order valence-corrected chi connectivity index (χ3v) is 20.3. The molecule has 0 radical (unpaired) electrons. The molecule has 8 fully saturated rings. The maximum atomic E-state index is 13.1. The van der Waals surface area contributed by atoms with Gasteiger partial charge in [-0.05, 0) is 199 Å². The fraction of sp³-hybridized carbons (Fsp3) is 0.836. The Balaban J connectivity index is 0.000000281. The molecule has 0 bridgehead atoms. The van der Waals surface area contributed by atoms with Gasteiger partial charge in [0.1, 0.15) is 0 Å². The van der Waals surface area contributed by atoms with E-state index in [1.165, 1.54) is 99.9 Å². The molecule has 1 amide bonds. The Hall–Kier alpha value is -1.12. The van der Waals surface area contributed by atoms with Crippen LogP contribution in [-0.4, -0.2) is 62.3 Å². The molecule has 66 heavy (non-hydrogen) atoms. The fourth-order valence-electron chi connectivity index (χ4n) is 16.0.